The van der Waals surface area contributed by atoms with E-state index in [0.717, 1.165) is 17.5 Å². The Morgan fingerprint density at radius 1 is 1.21 bits per heavy atom. The van der Waals surface area contributed by atoms with E-state index in [0.29, 0.717) is 5.75 Å². The molecule has 0 radical (unpaired) electrons. The monoisotopic (exact) mass is 256 g/mol. The number of aryl methyl sites for hydroxylation is 1. The first-order valence-corrected chi connectivity index (χ1v) is 6.16. The molecule has 19 heavy (non-hydrogen) atoms. The van der Waals surface area contributed by atoms with Gasteiger partial charge in [0.05, 0.1) is 12.7 Å². The number of rotatable bonds is 4. The number of hydrogen-bond donors (Lipinski definition) is 1. The number of ether oxygens (including phenoxy) is 1. The molecular formula is C16H16O3. The molecule has 0 atom stereocenters. The fourth-order valence-corrected chi connectivity index (χ4v) is 2.03. The average molecular weight is 256 g/mol. The average Bonchev–Trinajstić information content (AvgIpc) is 2.46. The van der Waals surface area contributed by atoms with Crippen LogP contribution in [0.5, 0.6) is 5.75 Å². The van der Waals surface area contributed by atoms with Gasteiger partial charge in [-0.1, -0.05) is 31.2 Å². The van der Waals surface area contributed by atoms with Crippen molar-refractivity contribution in [1.82, 2.24) is 0 Å². The van der Waals surface area contributed by atoms with Gasteiger partial charge in [-0.25, -0.2) is 4.79 Å². The van der Waals surface area contributed by atoms with Gasteiger partial charge in [0.25, 0.3) is 0 Å². The van der Waals surface area contributed by atoms with E-state index in [1.807, 2.05) is 12.1 Å². The molecule has 3 nitrogen and oxygen atoms in total. The number of carboxylic acids is 1. The zero-order chi connectivity index (χ0) is 13.8. The number of carboxylic acid groups (broad SMARTS) is 1. The van der Waals surface area contributed by atoms with E-state index in [2.05, 4.69) is 19.1 Å². The number of benzene rings is 2. The molecule has 2 aromatic carbocycles. The third-order valence-electron chi connectivity index (χ3n) is 3.09. The molecule has 0 bridgehead atoms. The van der Waals surface area contributed by atoms with Gasteiger partial charge in [-0.3, -0.25) is 0 Å². The second-order valence-electron chi connectivity index (χ2n) is 4.27. The molecular weight excluding hydrogens is 240 g/mol. The first-order chi connectivity index (χ1) is 9.15. The predicted octanol–water partition coefficient (Wildman–Crippen LogP) is 3.62. The molecule has 0 unspecified atom stereocenters. The van der Waals surface area contributed by atoms with Crippen LogP contribution in [-0.2, 0) is 6.42 Å². The summed E-state index contributed by atoms with van der Waals surface area (Å²) in [6.07, 6.45) is 0.939. The van der Waals surface area contributed by atoms with E-state index in [9.17, 15) is 4.79 Å². The van der Waals surface area contributed by atoms with Gasteiger partial charge in [-0.15, -0.1) is 0 Å². The zero-order valence-electron chi connectivity index (χ0n) is 11.0. The highest BCUT2D eigenvalue weighted by atomic mass is 16.5. The standard InChI is InChI=1S/C16H16O3/c1-3-11-5-4-6-12(9-11)14-10-13(16(17)18)7-8-15(14)19-2/h4-10H,3H2,1-2H3,(H,17,18). The summed E-state index contributed by atoms with van der Waals surface area (Å²) < 4.78 is 5.32. The molecule has 0 aliphatic heterocycles. The maximum atomic E-state index is 11.1. The highest BCUT2D eigenvalue weighted by Gasteiger charge is 2.10. The highest BCUT2D eigenvalue weighted by Crippen LogP contribution is 2.31. The minimum Gasteiger partial charge on any atom is -0.496 e. The summed E-state index contributed by atoms with van der Waals surface area (Å²) in [7, 11) is 1.59. The summed E-state index contributed by atoms with van der Waals surface area (Å²) in [5, 5.41) is 9.08. The fourth-order valence-electron chi connectivity index (χ4n) is 2.03. The van der Waals surface area contributed by atoms with Crippen molar-refractivity contribution < 1.29 is 14.6 Å². The van der Waals surface area contributed by atoms with Crippen LogP contribution in [0.4, 0.5) is 0 Å². The Kier molecular flexibility index (Phi) is 3.85. The molecule has 0 saturated carbocycles. The Hall–Kier alpha value is -2.29. The minimum atomic E-state index is -0.935. The summed E-state index contributed by atoms with van der Waals surface area (Å²) in [6, 6.07) is 12.9. The Bertz CT molecular complexity index is 603. The molecule has 0 fully saturated rings. The molecule has 0 spiro atoms. The lowest BCUT2D eigenvalue weighted by molar-refractivity contribution is 0.0697. The SMILES string of the molecule is CCc1cccc(-c2cc(C(=O)O)ccc2OC)c1. The summed E-state index contributed by atoms with van der Waals surface area (Å²) in [5.41, 5.74) is 3.25. The summed E-state index contributed by atoms with van der Waals surface area (Å²) in [6.45, 7) is 2.09. The molecule has 3 heteroatoms. The summed E-state index contributed by atoms with van der Waals surface area (Å²) in [4.78, 5) is 11.1. The van der Waals surface area contributed by atoms with Crippen LogP contribution in [0, 0.1) is 0 Å². The van der Waals surface area contributed by atoms with Crippen molar-refractivity contribution >= 4 is 5.97 Å². The van der Waals surface area contributed by atoms with E-state index >= 15 is 0 Å². The molecule has 0 heterocycles. The Morgan fingerprint density at radius 2 is 2.00 bits per heavy atom. The number of hydrogen-bond acceptors (Lipinski definition) is 2. The van der Waals surface area contributed by atoms with E-state index in [1.54, 1.807) is 25.3 Å². The van der Waals surface area contributed by atoms with Gasteiger partial charge in [0, 0.05) is 5.56 Å². The van der Waals surface area contributed by atoms with E-state index in [-0.39, 0.29) is 5.56 Å². The van der Waals surface area contributed by atoms with Crippen molar-refractivity contribution in [2.24, 2.45) is 0 Å². The quantitative estimate of drug-likeness (QED) is 0.908. The molecule has 2 aromatic rings. The molecule has 0 aliphatic rings. The van der Waals surface area contributed by atoms with E-state index in [1.165, 1.54) is 5.56 Å². The predicted molar refractivity (Wildman–Crippen MR) is 74.8 cm³/mol. The van der Waals surface area contributed by atoms with Crippen LogP contribution in [0.1, 0.15) is 22.8 Å². The minimum absolute atomic E-state index is 0.262. The number of methoxy groups -OCH3 is 1. The van der Waals surface area contributed by atoms with Gasteiger partial charge in [0.1, 0.15) is 5.75 Å². The zero-order valence-corrected chi connectivity index (χ0v) is 11.0. The van der Waals surface area contributed by atoms with Crippen molar-refractivity contribution in [1.29, 1.82) is 0 Å². The van der Waals surface area contributed by atoms with Crippen LogP contribution in [0.2, 0.25) is 0 Å². The van der Waals surface area contributed by atoms with Crippen molar-refractivity contribution in [2.75, 3.05) is 7.11 Å². The molecule has 0 amide bonds. The molecule has 0 saturated heterocycles. The smallest absolute Gasteiger partial charge is 0.335 e. The van der Waals surface area contributed by atoms with Crippen LogP contribution in [-0.4, -0.2) is 18.2 Å². The van der Waals surface area contributed by atoms with Crippen LogP contribution in [0.25, 0.3) is 11.1 Å². The first kappa shape index (κ1) is 13.1. The van der Waals surface area contributed by atoms with Crippen molar-refractivity contribution in [3.05, 3.63) is 53.6 Å². The summed E-state index contributed by atoms with van der Waals surface area (Å²) >= 11 is 0. The van der Waals surface area contributed by atoms with E-state index < -0.39 is 5.97 Å². The van der Waals surface area contributed by atoms with Gasteiger partial charge in [-0.2, -0.15) is 0 Å². The maximum absolute atomic E-state index is 11.1. The van der Waals surface area contributed by atoms with Gasteiger partial charge >= 0.3 is 5.97 Å². The molecule has 0 aromatic heterocycles. The third kappa shape index (κ3) is 2.76. The largest absolute Gasteiger partial charge is 0.496 e. The number of aromatic carboxylic acids is 1. The van der Waals surface area contributed by atoms with Gasteiger partial charge in [0.2, 0.25) is 0 Å². The van der Waals surface area contributed by atoms with Crippen molar-refractivity contribution in [3.63, 3.8) is 0 Å². The maximum Gasteiger partial charge on any atom is 0.335 e. The lowest BCUT2D eigenvalue weighted by Crippen LogP contribution is -1.98. The lowest BCUT2D eigenvalue weighted by Gasteiger charge is -2.10. The first-order valence-electron chi connectivity index (χ1n) is 6.16. The van der Waals surface area contributed by atoms with Crippen LogP contribution >= 0.6 is 0 Å². The third-order valence-corrected chi connectivity index (χ3v) is 3.09. The topological polar surface area (TPSA) is 46.5 Å². The fraction of sp³-hybridized carbons (Fsp3) is 0.188. The molecule has 2 rings (SSSR count). The van der Waals surface area contributed by atoms with Gasteiger partial charge in [-0.05, 0) is 35.7 Å². The molecule has 0 aliphatic carbocycles. The summed E-state index contributed by atoms with van der Waals surface area (Å²) in [5.74, 6) is -0.256. The van der Waals surface area contributed by atoms with Gasteiger partial charge in [0.15, 0.2) is 0 Å². The normalized spacial score (nSPS) is 10.2. The van der Waals surface area contributed by atoms with Crippen molar-refractivity contribution in [2.45, 2.75) is 13.3 Å². The molecule has 1 N–H and O–H groups in total. The van der Waals surface area contributed by atoms with Crippen LogP contribution < -0.4 is 4.74 Å². The second-order valence-corrected chi connectivity index (χ2v) is 4.27. The van der Waals surface area contributed by atoms with Gasteiger partial charge < -0.3 is 9.84 Å². The Labute approximate surface area is 112 Å². The lowest BCUT2D eigenvalue weighted by atomic mass is 9.99. The Morgan fingerprint density at radius 3 is 2.63 bits per heavy atom. The highest BCUT2D eigenvalue weighted by molar-refractivity contribution is 5.90. The second kappa shape index (κ2) is 5.57. The van der Waals surface area contributed by atoms with Crippen LogP contribution in [0.15, 0.2) is 42.5 Å². The number of carbonyl (C=O) groups is 1. The Balaban J connectivity index is 2.57. The van der Waals surface area contributed by atoms with E-state index in [4.69, 9.17) is 9.84 Å². The van der Waals surface area contributed by atoms with Crippen LogP contribution in [0.3, 0.4) is 0 Å². The van der Waals surface area contributed by atoms with Crippen molar-refractivity contribution in [3.8, 4) is 16.9 Å². The molecule has 98 valence electrons.